The summed E-state index contributed by atoms with van der Waals surface area (Å²) in [6.07, 6.45) is 5.39. The molecular formula is C18H26ClNO4. The number of halogens is 1. The molecule has 1 aliphatic heterocycles. The summed E-state index contributed by atoms with van der Waals surface area (Å²) in [5.74, 6) is -1.18. The molecule has 0 amide bonds. The average Bonchev–Trinajstić information content (AvgIpc) is 2.60. The van der Waals surface area contributed by atoms with Crippen molar-refractivity contribution >= 4 is 29.3 Å². The van der Waals surface area contributed by atoms with Crippen LogP contribution in [0.15, 0.2) is 16.3 Å². The van der Waals surface area contributed by atoms with Gasteiger partial charge in [0.2, 0.25) is 0 Å². The quantitative estimate of drug-likeness (QED) is 0.559. The minimum atomic E-state index is -0.538. The van der Waals surface area contributed by atoms with E-state index in [1.54, 1.807) is 6.92 Å². The number of alkyl halides is 1. The Morgan fingerprint density at radius 3 is 2.46 bits per heavy atom. The lowest BCUT2D eigenvalue weighted by atomic mass is 9.68. The predicted octanol–water partition coefficient (Wildman–Crippen LogP) is 3.50. The van der Waals surface area contributed by atoms with Gasteiger partial charge in [0.15, 0.2) is 0 Å². The fourth-order valence-corrected chi connectivity index (χ4v) is 4.18. The van der Waals surface area contributed by atoms with Gasteiger partial charge in [-0.05, 0) is 32.6 Å². The molecule has 5 nitrogen and oxygen atoms in total. The van der Waals surface area contributed by atoms with Crippen LogP contribution in [0.2, 0.25) is 0 Å². The van der Waals surface area contributed by atoms with E-state index in [1.807, 2.05) is 6.92 Å². The standard InChI is InChI=1S/C18H26ClNO4/c1-4-24-18(22)16-13(10-19)20-11(2)14(17(21)23-3)15(16)12-8-6-5-7-9-12/h12,14-15H,4-10H2,1-3H3. The van der Waals surface area contributed by atoms with E-state index in [0.717, 1.165) is 25.7 Å². The second-order valence-corrected chi connectivity index (χ2v) is 6.66. The summed E-state index contributed by atoms with van der Waals surface area (Å²) in [5.41, 5.74) is 1.67. The van der Waals surface area contributed by atoms with Crippen LogP contribution in [-0.4, -0.2) is 37.2 Å². The molecule has 2 atom stereocenters. The first kappa shape index (κ1) is 19.0. The van der Waals surface area contributed by atoms with Crippen molar-refractivity contribution in [3.05, 3.63) is 11.3 Å². The first-order valence-corrected chi connectivity index (χ1v) is 9.17. The highest BCUT2D eigenvalue weighted by atomic mass is 35.5. The van der Waals surface area contributed by atoms with Gasteiger partial charge in [0, 0.05) is 11.6 Å². The van der Waals surface area contributed by atoms with Crippen LogP contribution in [0.5, 0.6) is 0 Å². The minimum Gasteiger partial charge on any atom is -0.468 e. The van der Waals surface area contributed by atoms with E-state index in [-0.39, 0.29) is 30.3 Å². The molecule has 1 heterocycles. The highest BCUT2D eigenvalue weighted by molar-refractivity contribution is 6.20. The van der Waals surface area contributed by atoms with Crippen molar-refractivity contribution < 1.29 is 19.1 Å². The molecule has 24 heavy (non-hydrogen) atoms. The highest BCUT2D eigenvalue weighted by Crippen LogP contribution is 2.43. The maximum atomic E-state index is 12.6. The molecule has 0 aromatic carbocycles. The van der Waals surface area contributed by atoms with Gasteiger partial charge in [-0.3, -0.25) is 9.79 Å². The molecular weight excluding hydrogens is 330 g/mol. The van der Waals surface area contributed by atoms with Crippen molar-refractivity contribution in [2.24, 2.45) is 22.7 Å². The summed E-state index contributed by atoms with van der Waals surface area (Å²) in [6.45, 7) is 3.86. The van der Waals surface area contributed by atoms with Crippen molar-refractivity contribution in [3.63, 3.8) is 0 Å². The number of nitrogens with zero attached hydrogens (tertiary/aromatic N) is 1. The van der Waals surface area contributed by atoms with Gasteiger partial charge < -0.3 is 9.47 Å². The molecule has 1 aliphatic carbocycles. The van der Waals surface area contributed by atoms with Crippen LogP contribution in [0.1, 0.15) is 46.0 Å². The Bertz CT molecular complexity index is 549. The van der Waals surface area contributed by atoms with Crippen LogP contribution >= 0.6 is 11.6 Å². The van der Waals surface area contributed by atoms with E-state index in [1.165, 1.54) is 13.5 Å². The average molecular weight is 356 g/mol. The number of ether oxygens (including phenoxy) is 2. The Morgan fingerprint density at radius 2 is 1.92 bits per heavy atom. The fourth-order valence-electron chi connectivity index (χ4n) is 3.97. The molecule has 0 aromatic rings. The molecule has 134 valence electrons. The summed E-state index contributed by atoms with van der Waals surface area (Å²) in [7, 11) is 1.37. The number of allylic oxidation sites excluding steroid dienone is 1. The van der Waals surface area contributed by atoms with Gasteiger partial charge in [0.1, 0.15) is 5.92 Å². The summed E-state index contributed by atoms with van der Waals surface area (Å²) in [4.78, 5) is 29.5. The van der Waals surface area contributed by atoms with Crippen LogP contribution in [-0.2, 0) is 19.1 Å². The van der Waals surface area contributed by atoms with E-state index < -0.39 is 11.9 Å². The predicted molar refractivity (Wildman–Crippen MR) is 93.1 cm³/mol. The van der Waals surface area contributed by atoms with Crippen molar-refractivity contribution in [2.75, 3.05) is 19.6 Å². The van der Waals surface area contributed by atoms with Crippen LogP contribution in [0.4, 0.5) is 0 Å². The second-order valence-electron chi connectivity index (χ2n) is 6.39. The third kappa shape index (κ3) is 3.82. The largest absolute Gasteiger partial charge is 0.468 e. The SMILES string of the molecule is CCOC(=O)C1=C(CCl)N=C(C)C(C(=O)OC)C1C1CCCCC1. The van der Waals surface area contributed by atoms with Crippen molar-refractivity contribution in [1.29, 1.82) is 0 Å². The van der Waals surface area contributed by atoms with E-state index in [4.69, 9.17) is 21.1 Å². The summed E-state index contributed by atoms with van der Waals surface area (Å²) >= 11 is 6.06. The van der Waals surface area contributed by atoms with Gasteiger partial charge in [0.05, 0.1) is 30.9 Å². The molecule has 0 bridgehead atoms. The van der Waals surface area contributed by atoms with Crippen LogP contribution < -0.4 is 0 Å². The summed E-state index contributed by atoms with van der Waals surface area (Å²) < 4.78 is 10.3. The second kappa shape index (κ2) is 8.65. The number of carbonyl (C=O) groups excluding carboxylic acids is 2. The molecule has 2 rings (SSSR count). The van der Waals surface area contributed by atoms with Crippen molar-refractivity contribution in [1.82, 2.24) is 0 Å². The Balaban J connectivity index is 2.51. The van der Waals surface area contributed by atoms with Crippen LogP contribution in [0, 0.1) is 17.8 Å². The lowest BCUT2D eigenvalue weighted by Crippen LogP contribution is -2.42. The van der Waals surface area contributed by atoms with Gasteiger partial charge in [-0.2, -0.15) is 0 Å². The van der Waals surface area contributed by atoms with E-state index in [2.05, 4.69) is 4.99 Å². The maximum Gasteiger partial charge on any atom is 0.336 e. The zero-order valence-electron chi connectivity index (χ0n) is 14.6. The number of carbonyl (C=O) groups is 2. The van der Waals surface area contributed by atoms with E-state index in [0.29, 0.717) is 17.0 Å². The van der Waals surface area contributed by atoms with Crippen molar-refractivity contribution in [2.45, 2.75) is 46.0 Å². The maximum absolute atomic E-state index is 12.6. The molecule has 0 saturated heterocycles. The molecule has 1 saturated carbocycles. The highest BCUT2D eigenvalue weighted by Gasteiger charge is 2.45. The van der Waals surface area contributed by atoms with Gasteiger partial charge in [-0.1, -0.05) is 19.3 Å². The Morgan fingerprint density at radius 1 is 1.25 bits per heavy atom. The Kier molecular flexibility index (Phi) is 6.84. The third-order valence-corrected chi connectivity index (χ3v) is 5.25. The summed E-state index contributed by atoms with van der Waals surface area (Å²) in [6, 6.07) is 0. The Hall–Kier alpha value is -1.36. The fraction of sp³-hybridized carbons (Fsp3) is 0.722. The first-order valence-electron chi connectivity index (χ1n) is 8.64. The van der Waals surface area contributed by atoms with Crippen LogP contribution in [0.25, 0.3) is 0 Å². The lowest BCUT2D eigenvalue weighted by molar-refractivity contribution is -0.146. The van der Waals surface area contributed by atoms with Gasteiger partial charge in [-0.25, -0.2) is 4.79 Å². The number of rotatable bonds is 5. The molecule has 0 aromatic heterocycles. The smallest absolute Gasteiger partial charge is 0.336 e. The molecule has 0 N–H and O–H groups in total. The Labute approximate surface area is 148 Å². The zero-order chi connectivity index (χ0) is 17.7. The normalized spacial score (nSPS) is 25.2. The molecule has 2 aliphatic rings. The zero-order valence-corrected chi connectivity index (χ0v) is 15.4. The monoisotopic (exact) mass is 355 g/mol. The molecule has 2 unspecified atom stereocenters. The molecule has 6 heteroatoms. The lowest BCUT2D eigenvalue weighted by Gasteiger charge is -2.38. The van der Waals surface area contributed by atoms with E-state index in [9.17, 15) is 9.59 Å². The number of esters is 2. The first-order chi connectivity index (χ1) is 11.5. The third-order valence-electron chi connectivity index (χ3n) is 5.00. The number of methoxy groups -OCH3 is 1. The van der Waals surface area contributed by atoms with Gasteiger partial charge in [0.25, 0.3) is 0 Å². The minimum absolute atomic E-state index is 0.128. The van der Waals surface area contributed by atoms with Gasteiger partial charge in [-0.15, -0.1) is 11.6 Å². The van der Waals surface area contributed by atoms with Crippen molar-refractivity contribution in [3.8, 4) is 0 Å². The molecule has 0 spiro atoms. The topological polar surface area (TPSA) is 65.0 Å². The number of aliphatic imine (C=N–C) groups is 1. The molecule has 1 fully saturated rings. The number of hydrogen-bond donors (Lipinski definition) is 0. The number of hydrogen-bond acceptors (Lipinski definition) is 5. The summed E-state index contributed by atoms with van der Waals surface area (Å²) in [5, 5.41) is 0. The molecule has 0 radical (unpaired) electrons. The van der Waals surface area contributed by atoms with Crippen LogP contribution in [0.3, 0.4) is 0 Å². The van der Waals surface area contributed by atoms with Gasteiger partial charge >= 0.3 is 11.9 Å². The van der Waals surface area contributed by atoms with E-state index >= 15 is 0 Å².